The number of rotatable bonds is 8. The van der Waals surface area contributed by atoms with Gasteiger partial charge in [-0.15, -0.1) is 0 Å². The van der Waals surface area contributed by atoms with Crippen LogP contribution in [0.5, 0.6) is 0 Å². The summed E-state index contributed by atoms with van der Waals surface area (Å²) < 4.78 is 28.2. The lowest BCUT2D eigenvalue weighted by Gasteiger charge is -2.16. The number of carbonyl (C=O) groups is 2. The standard InChI is InChI=1S/C27H24ClN5O5S/c1-17-21(27(35)31-19-9-11-23(28)22(16-19)24-7-2-3-14-29-24)10-12-25(30-17)33-39(37,38)20-6-4-5-18(15-20)8-13-26(34)32-36/h2-6,8-16,24,36H,7H2,1H3,(H,30,33)(H,31,35)(H,32,34)/b13-8+. The number of carbonyl (C=O) groups excluding carboxylic acids is 2. The van der Waals surface area contributed by atoms with Crippen molar-refractivity contribution in [2.45, 2.75) is 24.3 Å². The fourth-order valence-electron chi connectivity index (χ4n) is 3.81. The number of nitrogens with zero attached hydrogens (tertiary/aromatic N) is 2. The van der Waals surface area contributed by atoms with Crippen molar-refractivity contribution in [2.24, 2.45) is 4.99 Å². The van der Waals surface area contributed by atoms with Crippen LogP contribution >= 0.6 is 11.6 Å². The number of amides is 2. The van der Waals surface area contributed by atoms with E-state index < -0.39 is 21.8 Å². The molecule has 0 saturated carbocycles. The highest BCUT2D eigenvalue weighted by Gasteiger charge is 2.19. The lowest BCUT2D eigenvalue weighted by atomic mass is 10.0. The molecule has 0 spiro atoms. The molecule has 0 fully saturated rings. The van der Waals surface area contributed by atoms with Crippen LogP contribution in [-0.2, 0) is 14.8 Å². The maximum atomic E-state index is 13.0. The SMILES string of the molecule is Cc1nc(NS(=O)(=O)c2cccc(/C=C/C(=O)NO)c2)ccc1C(=O)Nc1ccc(Cl)c(C2CC=CC=N2)c1. The summed E-state index contributed by atoms with van der Waals surface area (Å²) >= 11 is 6.36. The van der Waals surface area contributed by atoms with E-state index in [-0.39, 0.29) is 22.3 Å². The zero-order valence-corrected chi connectivity index (χ0v) is 22.2. The molecule has 200 valence electrons. The molecule has 4 rings (SSSR count). The lowest BCUT2D eigenvalue weighted by Crippen LogP contribution is -2.17. The molecule has 2 heterocycles. The molecule has 12 heteroatoms. The first-order valence-corrected chi connectivity index (χ1v) is 13.5. The van der Waals surface area contributed by atoms with Crippen LogP contribution < -0.4 is 15.5 Å². The Labute approximate surface area is 230 Å². The number of hydrogen-bond donors (Lipinski definition) is 4. The Hall–Kier alpha value is -4.32. The van der Waals surface area contributed by atoms with E-state index in [1.807, 2.05) is 12.2 Å². The maximum absolute atomic E-state index is 13.0. The molecule has 0 aliphatic carbocycles. The van der Waals surface area contributed by atoms with E-state index in [2.05, 4.69) is 20.0 Å². The molecule has 1 unspecified atom stereocenters. The Bertz CT molecular complexity index is 1620. The third-order valence-electron chi connectivity index (χ3n) is 5.74. The number of nitrogens with one attached hydrogen (secondary N) is 3. The molecule has 0 bridgehead atoms. The Morgan fingerprint density at radius 1 is 1.13 bits per heavy atom. The zero-order valence-electron chi connectivity index (χ0n) is 20.6. The first-order chi connectivity index (χ1) is 18.7. The maximum Gasteiger partial charge on any atom is 0.267 e. The van der Waals surface area contributed by atoms with Gasteiger partial charge >= 0.3 is 0 Å². The number of halogens is 1. The van der Waals surface area contributed by atoms with Crippen LogP contribution in [0.4, 0.5) is 11.5 Å². The molecule has 1 aliphatic heterocycles. The quantitative estimate of drug-likeness (QED) is 0.177. The van der Waals surface area contributed by atoms with Gasteiger partial charge < -0.3 is 5.32 Å². The van der Waals surface area contributed by atoms with Crippen LogP contribution in [0.3, 0.4) is 0 Å². The number of dihydropyridines is 1. The molecule has 4 N–H and O–H groups in total. The highest BCUT2D eigenvalue weighted by Crippen LogP contribution is 2.32. The lowest BCUT2D eigenvalue weighted by molar-refractivity contribution is -0.124. The van der Waals surface area contributed by atoms with Gasteiger partial charge in [-0.3, -0.25) is 24.5 Å². The molecule has 1 atom stereocenters. The van der Waals surface area contributed by atoms with Crippen LogP contribution in [0, 0.1) is 6.92 Å². The van der Waals surface area contributed by atoms with Crippen LogP contribution in [0.25, 0.3) is 6.08 Å². The van der Waals surface area contributed by atoms with Gasteiger partial charge in [0.15, 0.2) is 0 Å². The third kappa shape index (κ3) is 6.96. The molecule has 1 aliphatic rings. The Kier molecular flexibility index (Phi) is 8.55. The number of benzene rings is 2. The van der Waals surface area contributed by atoms with Gasteiger partial charge in [-0.1, -0.05) is 29.8 Å². The number of allylic oxidation sites excluding steroid dienone is 1. The van der Waals surface area contributed by atoms with Gasteiger partial charge in [-0.25, -0.2) is 18.9 Å². The second-order valence-corrected chi connectivity index (χ2v) is 10.6. The number of pyridine rings is 1. The Morgan fingerprint density at radius 2 is 1.95 bits per heavy atom. The van der Waals surface area contributed by atoms with Gasteiger partial charge in [0.25, 0.3) is 21.8 Å². The first-order valence-electron chi connectivity index (χ1n) is 11.7. The highest BCUT2D eigenvalue weighted by molar-refractivity contribution is 7.92. The molecular formula is C27H24ClN5O5S. The van der Waals surface area contributed by atoms with Crippen molar-refractivity contribution in [3.8, 4) is 0 Å². The van der Waals surface area contributed by atoms with Crippen LogP contribution in [-0.4, -0.2) is 36.6 Å². The van der Waals surface area contributed by atoms with E-state index in [0.29, 0.717) is 28.4 Å². The van der Waals surface area contributed by atoms with Crippen LogP contribution in [0.1, 0.15) is 39.6 Å². The molecule has 1 aromatic heterocycles. The minimum absolute atomic E-state index is 0.0293. The first kappa shape index (κ1) is 27.7. The van der Waals surface area contributed by atoms with Crippen molar-refractivity contribution in [2.75, 3.05) is 10.0 Å². The van der Waals surface area contributed by atoms with E-state index in [0.717, 1.165) is 11.6 Å². The summed E-state index contributed by atoms with van der Waals surface area (Å²) in [6.07, 6.45) is 8.69. The predicted octanol–water partition coefficient (Wildman–Crippen LogP) is 4.69. The second-order valence-electron chi connectivity index (χ2n) is 8.49. The number of aliphatic imine (C=N–C) groups is 1. The van der Waals surface area contributed by atoms with Crippen molar-refractivity contribution in [1.29, 1.82) is 0 Å². The van der Waals surface area contributed by atoms with E-state index in [4.69, 9.17) is 16.8 Å². The van der Waals surface area contributed by atoms with E-state index in [1.54, 1.807) is 37.4 Å². The van der Waals surface area contributed by atoms with Gasteiger partial charge in [0, 0.05) is 23.0 Å². The summed E-state index contributed by atoms with van der Waals surface area (Å²) in [6.45, 7) is 1.60. The normalized spacial score (nSPS) is 14.8. The molecule has 0 radical (unpaired) electrons. The molecule has 3 aromatic rings. The average Bonchev–Trinajstić information content (AvgIpc) is 2.93. The highest BCUT2D eigenvalue weighted by atomic mass is 35.5. The molecule has 10 nitrogen and oxygen atoms in total. The third-order valence-corrected chi connectivity index (χ3v) is 7.43. The van der Waals surface area contributed by atoms with E-state index in [1.165, 1.54) is 41.9 Å². The van der Waals surface area contributed by atoms with Crippen molar-refractivity contribution in [3.63, 3.8) is 0 Å². The Balaban J connectivity index is 1.48. The van der Waals surface area contributed by atoms with Gasteiger partial charge in [-0.05, 0) is 79.1 Å². The molecule has 2 aromatic carbocycles. The molecule has 2 amide bonds. The van der Waals surface area contributed by atoms with Gasteiger partial charge in [-0.2, -0.15) is 0 Å². The number of hydroxylamine groups is 1. The monoisotopic (exact) mass is 565 g/mol. The number of sulfonamides is 1. The number of aryl methyl sites for hydroxylation is 1. The molecule has 39 heavy (non-hydrogen) atoms. The summed E-state index contributed by atoms with van der Waals surface area (Å²) in [5, 5.41) is 12.0. The number of hydrogen-bond acceptors (Lipinski definition) is 7. The Morgan fingerprint density at radius 3 is 2.67 bits per heavy atom. The fraction of sp³-hybridized carbons (Fsp3) is 0.111. The largest absolute Gasteiger partial charge is 0.322 e. The summed E-state index contributed by atoms with van der Waals surface area (Å²) in [6, 6.07) is 13.8. The smallest absolute Gasteiger partial charge is 0.267 e. The summed E-state index contributed by atoms with van der Waals surface area (Å²) in [4.78, 5) is 32.8. The van der Waals surface area contributed by atoms with Gasteiger partial charge in [0.05, 0.1) is 22.2 Å². The van der Waals surface area contributed by atoms with Crippen molar-refractivity contribution in [1.82, 2.24) is 10.5 Å². The summed E-state index contributed by atoms with van der Waals surface area (Å²) in [5.41, 5.74) is 3.80. The van der Waals surface area contributed by atoms with Crippen LogP contribution in [0.2, 0.25) is 5.02 Å². The van der Waals surface area contributed by atoms with E-state index >= 15 is 0 Å². The topological polar surface area (TPSA) is 150 Å². The van der Waals surface area contributed by atoms with Crippen molar-refractivity contribution >= 4 is 57.2 Å². The summed E-state index contributed by atoms with van der Waals surface area (Å²) in [5.74, 6) is -1.14. The van der Waals surface area contributed by atoms with Gasteiger partial charge in [0.2, 0.25) is 0 Å². The van der Waals surface area contributed by atoms with Crippen molar-refractivity contribution in [3.05, 3.63) is 100 Å². The minimum Gasteiger partial charge on any atom is -0.322 e. The molecular weight excluding hydrogens is 542 g/mol. The van der Waals surface area contributed by atoms with Gasteiger partial charge in [0.1, 0.15) is 5.82 Å². The molecule has 0 saturated heterocycles. The second kappa shape index (κ2) is 12.0. The number of aromatic nitrogens is 1. The number of anilines is 2. The van der Waals surface area contributed by atoms with Crippen molar-refractivity contribution < 1.29 is 23.2 Å². The summed E-state index contributed by atoms with van der Waals surface area (Å²) in [7, 11) is -4.02. The van der Waals surface area contributed by atoms with E-state index in [9.17, 15) is 18.0 Å². The fourth-order valence-corrected chi connectivity index (χ4v) is 5.11. The van der Waals surface area contributed by atoms with Crippen LogP contribution in [0.15, 0.2) is 82.7 Å². The zero-order chi connectivity index (χ0) is 28.0. The average molecular weight is 566 g/mol. The predicted molar refractivity (Wildman–Crippen MR) is 150 cm³/mol. The minimum atomic E-state index is -4.02.